The zero-order valence-electron chi connectivity index (χ0n) is 28.1. The van der Waals surface area contributed by atoms with Gasteiger partial charge in [-0.05, 0) is 48.8 Å². The van der Waals surface area contributed by atoms with Gasteiger partial charge in [-0.3, -0.25) is 14.3 Å². The number of aromatic nitrogens is 3. The second-order valence-corrected chi connectivity index (χ2v) is 17.8. The Balaban J connectivity index is 1.14. The third kappa shape index (κ3) is 6.03. The van der Waals surface area contributed by atoms with Gasteiger partial charge < -0.3 is 19.5 Å². The SMILES string of the molecule is C[C@@H]1[C@@H]([Si](C)(C)O)[C@H](CCn2cc(CCO)nn2)O[C@@]12C(=O)N(Cc1ccc(N3N=C(c4ccccc4)CCC3=O)cc1)c1ccccc12. The molecule has 3 aliphatic heterocycles. The van der Waals surface area contributed by atoms with E-state index in [1.165, 1.54) is 5.01 Å². The van der Waals surface area contributed by atoms with Gasteiger partial charge >= 0.3 is 0 Å². The van der Waals surface area contributed by atoms with Crippen LogP contribution in [0.2, 0.25) is 18.6 Å². The Morgan fingerprint density at radius 1 is 0.980 bits per heavy atom. The van der Waals surface area contributed by atoms with Crippen LogP contribution in [0.15, 0.2) is 90.2 Å². The molecule has 254 valence electrons. The van der Waals surface area contributed by atoms with Crippen LogP contribution >= 0.6 is 0 Å². The number of aliphatic hydroxyl groups is 1. The van der Waals surface area contributed by atoms with Crippen LogP contribution in [-0.4, -0.2) is 63.5 Å². The average Bonchev–Trinajstić information content (AvgIpc) is 3.75. The fourth-order valence-electron chi connectivity index (χ4n) is 7.91. The predicted molar refractivity (Wildman–Crippen MR) is 188 cm³/mol. The number of anilines is 2. The lowest BCUT2D eigenvalue weighted by atomic mass is 9.82. The number of carbonyl (C=O) groups excluding carboxylic acids is 2. The number of para-hydroxylation sites is 1. The van der Waals surface area contributed by atoms with E-state index < -0.39 is 13.9 Å². The van der Waals surface area contributed by atoms with Crippen LogP contribution in [0.1, 0.15) is 48.6 Å². The van der Waals surface area contributed by atoms with Gasteiger partial charge in [-0.2, -0.15) is 5.10 Å². The summed E-state index contributed by atoms with van der Waals surface area (Å²) in [6.45, 7) is 6.71. The first-order chi connectivity index (χ1) is 23.6. The molecule has 4 aromatic rings. The van der Waals surface area contributed by atoms with E-state index in [9.17, 15) is 19.5 Å². The summed E-state index contributed by atoms with van der Waals surface area (Å²) in [5.74, 6) is -0.461. The lowest BCUT2D eigenvalue weighted by Crippen LogP contribution is -2.46. The molecule has 2 amide bonds. The molecule has 2 N–H and O–H groups in total. The minimum Gasteiger partial charge on any atom is -0.432 e. The largest absolute Gasteiger partial charge is 0.432 e. The quantitative estimate of drug-likeness (QED) is 0.231. The standard InChI is InChI=1S/C37H42N6O5Si/c1-25-35(49(2,3)47)33(19-21-41-24-28(20-22-44)38-40-41)48-37(25)30-11-7-8-12-32(30)42(36(37)46)23-26-13-15-29(16-14-26)43-34(45)18-17-31(39-43)27-9-5-4-6-10-27/h4-16,24-25,33,35,44,47H,17-23H2,1-3H3/t25-,33+,35-,37+/m1/s1. The highest BCUT2D eigenvalue weighted by molar-refractivity contribution is 6.71. The first kappa shape index (κ1) is 33.0. The second-order valence-electron chi connectivity index (χ2n) is 13.8. The monoisotopic (exact) mass is 678 g/mol. The molecule has 11 nitrogen and oxygen atoms in total. The zero-order valence-corrected chi connectivity index (χ0v) is 29.1. The minimum absolute atomic E-state index is 0.00126. The normalized spacial score (nSPS) is 23.8. The van der Waals surface area contributed by atoms with Gasteiger partial charge in [0, 0.05) is 55.6 Å². The van der Waals surface area contributed by atoms with Gasteiger partial charge in [-0.15, -0.1) is 5.10 Å². The summed E-state index contributed by atoms with van der Waals surface area (Å²) in [4.78, 5) is 41.0. The third-order valence-corrected chi connectivity index (χ3v) is 12.7. The number of amides is 2. The molecule has 0 aliphatic carbocycles. The molecule has 1 aromatic heterocycles. The van der Waals surface area contributed by atoms with Gasteiger partial charge in [-0.1, -0.05) is 72.8 Å². The first-order valence-electron chi connectivity index (χ1n) is 17.0. The molecule has 0 bridgehead atoms. The average molecular weight is 679 g/mol. The lowest BCUT2D eigenvalue weighted by molar-refractivity contribution is -0.146. The summed E-state index contributed by atoms with van der Waals surface area (Å²) < 4.78 is 8.66. The summed E-state index contributed by atoms with van der Waals surface area (Å²) in [6, 6.07) is 25.3. The molecular formula is C37H42N6O5Si. The van der Waals surface area contributed by atoms with Crippen molar-refractivity contribution in [2.24, 2.45) is 11.0 Å². The van der Waals surface area contributed by atoms with E-state index in [0.717, 1.165) is 28.1 Å². The number of hydrazone groups is 1. The Kier molecular flexibility index (Phi) is 8.82. The van der Waals surface area contributed by atoms with Crippen molar-refractivity contribution >= 4 is 37.2 Å². The van der Waals surface area contributed by atoms with Crippen molar-refractivity contribution in [3.63, 3.8) is 0 Å². The van der Waals surface area contributed by atoms with Gasteiger partial charge in [0.2, 0.25) is 5.91 Å². The maximum absolute atomic E-state index is 14.7. The minimum atomic E-state index is -2.81. The highest BCUT2D eigenvalue weighted by atomic mass is 28.4. The molecular weight excluding hydrogens is 637 g/mol. The molecule has 0 unspecified atom stereocenters. The zero-order chi connectivity index (χ0) is 34.3. The topological polar surface area (TPSA) is 133 Å². The molecule has 1 saturated heterocycles. The molecule has 4 heterocycles. The van der Waals surface area contributed by atoms with E-state index in [1.807, 2.05) is 105 Å². The van der Waals surface area contributed by atoms with Crippen molar-refractivity contribution in [2.75, 3.05) is 16.5 Å². The third-order valence-electron chi connectivity index (χ3n) is 10.1. The molecule has 49 heavy (non-hydrogen) atoms. The summed E-state index contributed by atoms with van der Waals surface area (Å²) in [6.07, 6.45) is 3.42. The lowest BCUT2D eigenvalue weighted by Gasteiger charge is -2.32. The number of hydrogen-bond acceptors (Lipinski definition) is 8. The van der Waals surface area contributed by atoms with Gasteiger partial charge in [0.1, 0.15) is 0 Å². The number of rotatable bonds is 10. The molecule has 1 spiro atoms. The van der Waals surface area contributed by atoms with Crippen molar-refractivity contribution in [3.05, 3.63) is 107 Å². The molecule has 3 aromatic carbocycles. The van der Waals surface area contributed by atoms with Crippen LogP contribution < -0.4 is 9.91 Å². The maximum atomic E-state index is 14.7. The Labute approximate surface area is 286 Å². The van der Waals surface area contributed by atoms with Crippen LogP contribution in [0, 0.1) is 5.92 Å². The number of nitrogens with zero attached hydrogens (tertiary/aromatic N) is 6. The molecule has 0 saturated carbocycles. The van der Waals surface area contributed by atoms with Crippen molar-refractivity contribution in [2.45, 2.75) is 76.0 Å². The second kappa shape index (κ2) is 13.1. The predicted octanol–water partition coefficient (Wildman–Crippen LogP) is 4.78. The van der Waals surface area contributed by atoms with E-state index in [2.05, 4.69) is 10.3 Å². The van der Waals surface area contributed by atoms with Gasteiger partial charge in [0.05, 0.1) is 35.4 Å². The highest BCUT2D eigenvalue weighted by Gasteiger charge is 2.66. The van der Waals surface area contributed by atoms with Crippen molar-refractivity contribution in [1.29, 1.82) is 0 Å². The first-order valence-corrected chi connectivity index (χ1v) is 20.0. The number of aryl methyl sites for hydroxylation is 1. The molecule has 7 rings (SSSR count). The fraction of sp³-hybridized carbons (Fsp3) is 0.378. The van der Waals surface area contributed by atoms with Crippen LogP contribution in [0.25, 0.3) is 0 Å². The smallest absolute Gasteiger partial charge is 0.264 e. The van der Waals surface area contributed by atoms with Gasteiger partial charge in [0.15, 0.2) is 13.9 Å². The Morgan fingerprint density at radius 2 is 1.71 bits per heavy atom. The van der Waals surface area contributed by atoms with Crippen LogP contribution in [0.4, 0.5) is 11.4 Å². The number of carbonyl (C=O) groups is 2. The van der Waals surface area contributed by atoms with E-state index in [-0.39, 0.29) is 36.0 Å². The van der Waals surface area contributed by atoms with Gasteiger partial charge in [-0.25, -0.2) is 5.01 Å². The van der Waals surface area contributed by atoms with E-state index in [0.29, 0.717) is 50.2 Å². The molecule has 4 atom stereocenters. The van der Waals surface area contributed by atoms with Crippen molar-refractivity contribution in [1.82, 2.24) is 15.0 Å². The Bertz CT molecular complexity index is 1870. The summed E-state index contributed by atoms with van der Waals surface area (Å²) in [5.41, 5.74) is 4.36. The van der Waals surface area contributed by atoms with Crippen LogP contribution in [0.3, 0.4) is 0 Å². The van der Waals surface area contributed by atoms with E-state index in [1.54, 1.807) is 9.58 Å². The molecule has 3 aliphatic rings. The number of benzene rings is 3. The summed E-state index contributed by atoms with van der Waals surface area (Å²) >= 11 is 0. The molecule has 0 radical (unpaired) electrons. The molecule has 1 fully saturated rings. The number of fused-ring (bicyclic) bond motifs is 2. The fourth-order valence-corrected chi connectivity index (χ4v) is 10.5. The number of hydrogen-bond donors (Lipinski definition) is 2. The number of aliphatic hydroxyl groups excluding tert-OH is 1. The highest BCUT2D eigenvalue weighted by Crippen LogP contribution is 2.59. The van der Waals surface area contributed by atoms with Crippen LogP contribution in [-0.2, 0) is 39.4 Å². The Hall–Kier alpha value is -4.49. The molecule has 12 heteroatoms. The summed E-state index contributed by atoms with van der Waals surface area (Å²) in [5, 5.41) is 23.8. The number of ether oxygens (including phenoxy) is 1. The van der Waals surface area contributed by atoms with Crippen molar-refractivity contribution < 1.29 is 24.2 Å². The Morgan fingerprint density at radius 3 is 2.45 bits per heavy atom. The van der Waals surface area contributed by atoms with E-state index >= 15 is 0 Å². The van der Waals surface area contributed by atoms with Crippen molar-refractivity contribution in [3.8, 4) is 0 Å². The van der Waals surface area contributed by atoms with E-state index in [4.69, 9.17) is 9.84 Å². The van der Waals surface area contributed by atoms with Crippen LogP contribution in [0.5, 0.6) is 0 Å². The van der Waals surface area contributed by atoms with Gasteiger partial charge in [0.25, 0.3) is 5.91 Å². The maximum Gasteiger partial charge on any atom is 0.264 e. The summed E-state index contributed by atoms with van der Waals surface area (Å²) in [7, 11) is -2.81.